The highest BCUT2D eigenvalue weighted by atomic mass is 19.2. The van der Waals surface area contributed by atoms with Crippen LogP contribution in [-0.4, -0.2) is 16.1 Å². The van der Waals surface area contributed by atoms with Gasteiger partial charge in [-0.1, -0.05) is 12.1 Å². The summed E-state index contributed by atoms with van der Waals surface area (Å²) >= 11 is 0. The van der Waals surface area contributed by atoms with E-state index in [2.05, 4.69) is 4.98 Å². The number of aromatic carboxylic acids is 1. The lowest BCUT2D eigenvalue weighted by Gasteiger charge is -2.06. The number of aromatic nitrogens is 1. The van der Waals surface area contributed by atoms with Gasteiger partial charge in [-0.2, -0.15) is 0 Å². The summed E-state index contributed by atoms with van der Waals surface area (Å²) in [4.78, 5) is 14.5. The van der Waals surface area contributed by atoms with Crippen molar-refractivity contribution in [1.82, 2.24) is 4.98 Å². The number of halogens is 2. The number of carbonyl (C=O) groups is 1. The maximum atomic E-state index is 13.7. The standard InChI is InChI=1S/C13H9F2NO2/c1-7-2-3-10(12(15)11(7)14)8-4-9(13(17)18)6-16-5-8/h2-6H,1H3,(H,17,18). The smallest absolute Gasteiger partial charge is 0.337 e. The number of rotatable bonds is 2. The van der Waals surface area contributed by atoms with Gasteiger partial charge in [0.15, 0.2) is 11.6 Å². The maximum Gasteiger partial charge on any atom is 0.337 e. The largest absolute Gasteiger partial charge is 0.478 e. The molecule has 5 heteroatoms. The van der Waals surface area contributed by atoms with Gasteiger partial charge in [0, 0.05) is 23.5 Å². The van der Waals surface area contributed by atoms with Gasteiger partial charge in [-0.25, -0.2) is 13.6 Å². The molecule has 0 unspecified atom stereocenters. The monoisotopic (exact) mass is 249 g/mol. The van der Waals surface area contributed by atoms with E-state index in [1.54, 1.807) is 0 Å². The fourth-order valence-corrected chi connectivity index (χ4v) is 1.57. The molecule has 1 heterocycles. The van der Waals surface area contributed by atoms with Crippen molar-refractivity contribution in [2.75, 3.05) is 0 Å². The van der Waals surface area contributed by atoms with Crippen molar-refractivity contribution in [1.29, 1.82) is 0 Å². The minimum atomic E-state index is -1.17. The van der Waals surface area contributed by atoms with Crippen LogP contribution in [0.3, 0.4) is 0 Å². The SMILES string of the molecule is Cc1ccc(-c2cncc(C(=O)O)c2)c(F)c1F. The average Bonchev–Trinajstić information content (AvgIpc) is 2.36. The molecule has 0 atom stereocenters. The van der Waals surface area contributed by atoms with E-state index in [0.29, 0.717) is 0 Å². The first-order valence-electron chi connectivity index (χ1n) is 5.14. The number of carboxylic acid groups (broad SMARTS) is 1. The molecule has 1 N–H and O–H groups in total. The summed E-state index contributed by atoms with van der Waals surface area (Å²) in [6, 6.07) is 4.08. The Hall–Kier alpha value is -2.30. The number of pyridine rings is 1. The average molecular weight is 249 g/mol. The lowest BCUT2D eigenvalue weighted by Crippen LogP contribution is -1.99. The van der Waals surface area contributed by atoms with Crippen LogP contribution >= 0.6 is 0 Å². The van der Waals surface area contributed by atoms with Crippen molar-refractivity contribution in [2.24, 2.45) is 0 Å². The van der Waals surface area contributed by atoms with Crippen molar-refractivity contribution < 1.29 is 18.7 Å². The Morgan fingerprint density at radius 1 is 1.22 bits per heavy atom. The normalized spacial score (nSPS) is 10.4. The van der Waals surface area contributed by atoms with Crippen LogP contribution in [0.15, 0.2) is 30.6 Å². The van der Waals surface area contributed by atoms with Gasteiger partial charge < -0.3 is 5.11 Å². The van der Waals surface area contributed by atoms with Gasteiger partial charge in [-0.3, -0.25) is 4.98 Å². The van der Waals surface area contributed by atoms with Crippen LogP contribution < -0.4 is 0 Å². The fourth-order valence-electron chi connectivity index (χ4n) is 1.57. The molecule has 0 amide bonds. The van der Waals surface area contributed by atoms with Crippen LogP contribution in [-0.2, 0) is 0 Å². The highest BCUT2D eigenvalue weighted by molar-refractivity contribution is 5.88. The van der Waals surface area contributed by atoms with E-state index in [9.17, 15) is 13.6 Å². The molecule has 0 bridgehead atoms. The first kappa shape index (κ1) is 12.2. The predicted molar refractivity (Wildman–Crippen MR) is 61.3 cm³/mol. The minimum absolute atomic E-state index is 0.00583. The van der Waals surface area contributed by atoms with Crippen LogP contribution in [0.2, 0.25) is 0 Å². The third kappa shape index (κ3) is 2.07. The Labute approximate surface area is 102 Å². The number of carboxylic acids is 1. The molecule has 1 aromatic carbocycles. The summed E-state index contributed by atoms with van der Waals surface area (Å²) in [5.74, 6) is -3.11. The molecule has 2 rings (SSSR count). The molecule has 18 heavy (non-hydrogen) atoms. The topological polar surface area (TPSA) is 50.2 Å². The molecule has 3 nitrogen and oxygen atoms in total. The summed E-state index contributed by atoms with van der Waals surface area (Å²) < 4.78 is 27.2. The molecule has 0 radical (unpaired) electrons. The zero-order valence-electron chi connectivity index (χ0n) is 9.45. The number of benzene rings is 1. The third-order valence-electron chi connectivity index (χ3n) is 2.57. The molecule has 0 aliphatic rings. The predicted octanol–water partition coefficient (Wildman–Crippen LogP) is 3.03. The molecular formula is C13H9F2NO2. The Morgan fingerprint density at radius 3 is 2.61 bits per heavy atom. The lowest BCUT2D eigenvalue weighted by atomic mass is 10.0. The summed E-state index contributed by atoms with van der Waals surface area (Å²) in [7, 11) is 0. The molecule has 0 saturated heterocycles. The van der Waals surface area contributed by atoms with E-state index in [4.69, 9.17) is 5.11 Å². The molecule has 2 aromatic rings. The van der Waals surface area contributed by atoms with E-state index >= 15 is 0 Å². The second-order valence-electron chi connectivity index (χ2n) is 3.83. The van der Waals surface area contributed by atoms with Crippen LogP contribution in [0.25, 0.3) is 11.1 Å². The van der Waals surface area contributed by atoms with Gasteiger partial charge in [0.05, 0.1) is 5.56 Å². The summed E-state index contributed by atoms with van der Waals surface area (Å²) in [6.45, 7) is 1.45. The Morgan fingerprint density at radius 2 is 1.94 bits per heavy atom. The van der Waals surface area contributed by atoms with Gasteiger partial charge in [0.2, 0.25) is 0 Å². The zero-order valence-corrected chi connectivity index (χ0v) is 9.45. The molecule has 92 valence electrons. The molecule has 0 aliphatic carbocycles. The molecule has 0 fully saturated rings. The quantitative estimate of drug-likeness (QED) is 0.889. The van der Waals surface area contributed by atoms with Crippen molar-refractivity contribution >= 4 is 5.97 Å². The van der Waals surface area contributed by atoms with E-state index in [1.807, 2.05) is 0 Å². The van der Waals surface area contributed by atoms with Crippen molar-refractivity contribution in [3.05, 3.63) is 53.4 Å². The number of hydrogen-bond acceptors (Lipinski definition) is 2. The Kier molecular flexibility index (Phi) is 3.06. The maximum absolute atomic E-state index is 13.7. The number of nitrogens with zero attached hydrogens (tertiary/aromatic N) is 1. The number of aryl methyl sites for hydroxylation is 1. The Bertz CT molecular complexity index is 626. The highest BCUT2D eigenvalue weighted by Gasteiger charge is 2.14. The second-order valence-corrected chi connectivity index (χ2v) is 3.83. The summed E-state index contributed by atoms with van der Waals surface area (Å²) in [6.07, 6.45) is 2.44. The van der Waals surface area contributed by atoms with Crippen LogP contribution in [0.4, 0.5) is 8.78 Å². The van der Waals surface area contributed by atoms with Gasteiger partial charge in [-0.15, -0.1) is 0 Å². The number of hydrogen-bond donors (Lipinski definition) is 1. The second kappa shape index (κ2) is 4.52. The summed E-state index contributed by atoms with van der Waals surface area (Å²) in [5.41, 5.74) is 0.339. The minimum Gasteiger partial charge on any atom is -0.478 e. The van der Waals surface area contributed by atoms with Crippen LogP contribution in [0.5, 0.6) is 0 Å². The van der Waals surface area contributed by atoms with Gasteiger partial charge in [0.1, 0.15) is 0 Å². The highest BCUT2D eigenvalue weighted by Crippen LogP contribution is 2.26. The third-order valence-corrected chi connectivity index (χ3v) is 2.57. The fraction of sp³-hybridized carbons (Fsp3) is 0.0769. The van der Waals surface area contributed by atoms with Crippen molar-refractivity contribution in [3.8, 4) is 11.1 Å². The molecule has 0 saturated carbocycles. The zero-order chi connectivity index (χ0) is 13.3. The van der Waals surface area contributed by atoms with E-state index in [-0.39, 0.29) is 22.3 Å². The molecule has 1 aromatic heterocycles. The van der Waals surface area contributed by atoms with Gasteiger partial charge in [-0.05, 0) is 18.6 Å². The van der Waals surface area contributed by atoms with Crippen molar-refractivity contribution in [3.63, 3.8) is 0 Å². The van der Waals surface area contributed by atoms with Gasteiger partial charge in [0.25, 0.3) is 0 Å². The Balaban J connectivity index is 2.59. The van der Waals surface area contributed by atoms with Crippen LogP contribution in [0, 0.1) is 18.6 Å². The van der Waals surface area contributed by atoms with E-state index in [1.165, 1.54) is 31.3 Å². The van der Waals surface area contributed by atoms with Crippen LogP contribution in [0.1, 0.15) is 15.9 Å². The lowest BCUT2D eigenvalue weighted by molar-refractivity contribution is 0.0696. The van der Waals surface area contributed by atoms with E-state index < -0.39 is 17.6 Å². The van der Waals surface area contributed by atoms with Crippen molar-refractivity contribution in [2.45, 2.75) is 6.92 Å². The summed E-state index contributed by atoms with van der Waals surface area (Å²) in [5, 5.41) is 8.82. The molecule has 0 spiro atoms. The van der Waals surface area contributed by atoms with Gasteiger partial charge >= 0.3 is 5.97 Å². The first-order valence-corrected chi connectivity index (χ1v) is 5.14. The molecular weight excluding hydrogens is 240 g/mol. The molecule has 0 aliphatic heterocycles. The first-order chi connectivity index (χ1) is 8.50. The van der Waals surface area contributed by atoms with E-state index in [0.717, 1.165) is 6.20 Å².